The van der Waals surface area contributed by atoms with Crippen molar-refractivity contribution in [1.29, 1.82) is 5.41 Å². The molecule has 8 nitrogen and oxygen atoms in total. The number of aliphatic hydroxyl groups excluding tert-OH is 1. The molecule has 0 aromatic carbocycles. The lowest BCUT2D eigenvalue weighted by molar-refractivity contribution is -0.220. The molecule has 3 N–H and O–H groups in total. The van der Waals surface area contributed by atoms with Crippen molar-refractivity contribution in [3.8, 4) is 0 Å². The Morgan fingerprint density at radius 1 is 1.52 bits per heavy atom. The Hall–Kier alpha value is -1.48. The first-order valence-corrected chi connectivity index (χ1v) is 9.03. The molecule has 0 radical (unpaired) electrons. The molecular weight excluding hydrogens is 322 g/mol. The second kappa shape index (κ2) is 10.5. The molecule has 0 bridgehead atoms. The molecule has 2 aliphatic heterocycles. The number of hydrogen-bond acceptors (Lipinski definition) is 6. The second-order valence-electron chi connectivity index (χ2n) is 6.32. The first-order valence-electron chi connectivity index (χ1n) is 9.03. The van der Waals surface area contributed by atoms with E-state index in [9.17, 15) is 5.11 Å². The molecule has 0 amide bonds. The normalized spacial score (nSPS) is 23.6. The highest BCUT2D eigenvalue weighted by atomic mass is 16.6. The summed E-state index contributed by atoms with van der Waals surface area (Å²) in [5.41, 5.74) is 0. The van der Waals surface area contributed by atoms with Crippen molar-refractivity contribution in [1.82, 2.24) is 15.1 Å². The minimum absolute atomic E-state index is 0.354. The molecule has 2 atom stereocenters. The summed E-state index contributed by atoms with van der Waals surface area (Å²) in [6.07, 6.45) is 5.10. The second-order valence-corrected chi connectivity index (χ2v) is 6.32. The lowest BCUT2D eigenvalue weighted by atomic mass is 10.00. The highest BCUT2D eigenvalue weighted by molar-refractivity contribution is 5.97. The predicted octanol–water partition coefficient (Wildman–Crippen LogP) is 0.450. The summed E-state index contributed by atoms with van der Waals surface area (Å²) in [5.74, 6) is 1.23. The van der Waals surface area contributed by atoms with E-state index in [0.29, 0.717) is 18.6 Å². The molecule has 8 heteroatoms. The molecule has 0 saturated carbocycles. The summed E-state index contributed by atoms with van der Waals surface area (Å²) in [7, 11) is 0. The summed E-state index contributed by atoms with van der Waals surface area (Å²) in [6.45, 7) is 9.26. The Kier molecular flexibility index (Phi) is 8.33. The van der Waals surface area contributed by atoms with Gasteiger partial charge in [-0.05, 0) is 26.3 Å². The average Bonchev–Trinajstić information content (AvgIpc) is 3.07. The average molecular weight is 353 g/mol. The van der Waals surface area contributed by atoms with Gasteiger partial charge in [-0.15, -0.1) is 0 Å². The van der Waals surface area contributed by atoms with Gasteiger partial charge in [-0.2, -0.15) is 0 Å². The number of nitrogens with zero attached hydrogens (tertiary/aromatic N) is 3. The van der Waals surface area contributed by atoms with Crippen LogP contribution in [0, 0.1) is 11.3 Å². The molecule has 2 fully saturated rings. The Morgan fingerprint density at radius 2 is 2.32 bits per heavy atom. The summed E-state index contributed by atoms with van der Waals surface area (Å²) >= 11 is 0. The van der Waals surface area contributed by atoms with E-state index in [1.54, 1.807) is 0 Å². The summed E-state index contributed by atoms with van der Waals surface area (Å²) in [4.78, 5) is 8.26. The molecule has 1 unspecified atom stereocenters. The molecule has 2 aliphatic rings. The van der Waals surface area contributed by atoms with Crippen LogP contribution in [-0.4, -0.2) is 85.5 Å². The van der Waals surface area contributed by atoms with Crippen LogP contribution in [0.1, 0.15) is 20.3 Å². The van der Waals surface area contributed by atoms with Gasteiger partial charge in [0, 0.05) is 51.5 Å². The summed E-state index contributed by atoms with van der Waals surface area (Å²) in [5, 5.41) is 20.4. The largest absolute Gasteiger partial charge is 0.386 e. The lowest BCUT2D eigenvalue weighted by Gasteiger charge is -2.43. The smallest absolute Gasteiger partial charge is 0.216 e. The van der Waals surface area contributed by atoms with E-state index in [1.807, 2.05) is 24.1 Å². The van der Waals surface area contributed by atoms with Crippen LogP contribution in [0.25, 0.3) is 0 Å². The fraction of sp³-hybridized carbons (Fsp3) is 0.765. The van der Waals surface area contributed by atoms with Crippen molar-refractivity contribution in [2.24, 2.45) is 10.9 Å². The maximum atomic E-state index is 9.80. The molecule has 25 heavy (non-hydrogen) atoms. The third-order valence-electron chi connectivity index (χ3n) is 4.49. The van der Waals surface area contributed by atoms with Gasteiger partial charge < -0.3 is 24.8 Å². The zero-order valence-corrected chi connectivity index (χ0v) is 15.2. The number of aliphatic imine (C=N–C) groups is 1. The van der Waals surface area contributed by atoms with E-state index in [4.69, 9.17) is 14.9 Å². The van der Waals surface area contributed by atoms with Crippen molar-refractivity contribution in [2.75, 3.05) is 46.0 Å². The van der Waals surface area contributed by atoms with E-state index < -0.39 is 6.41 Å². The molecule has 0 aromatic heterocycles. The monoisotopic (exact) mass is 353 g/mol. The van der Waals surface area contributed by atoms with Crippen LogP contribution in [-0.2, 0) is 9.47 Å². The predicted molar refractivity (Wildman–Crippen MR) is 97.7 cm³/mol. The third-order valence-corrected chi connectivity index (χ3v) is 4.49. The Bertz CT molecular complexity index is 459. The molecule has 2 rings (SSSR count). The topological polar surface area (TPSA) is 93.4 Å². The molecule has 2 saturated heterocycles. The first-order chi connectivity index (χ1) is 12.2. The van der Waals surface area contributed by atoms with Gasteiger partial charge >= 0.3 is 0 Å². The van der Waals surface area contributed by atoms with Gasteiger partial charge in [0.05, 0.1) is 12.6 Å². The van der Waals surface area contributed by atoms with Crippen molar-refractivity contribution >= 4 is 12.2 Å². The highest BCUT2D eigenvalue weighted by Gasteiger charge is 2.33. The number of likely N-dealkylation sites (N-methyl/N-ethyl adjacent to an activating group) is 1. The van der Waals surface area contributed by atoms with Crippen LogP contribution in [0.2, 0.25) is 0 Å². The Balaban J connectivity index is 1.82. The zero-order chi connectivity index (χ0) is 18.1. The molecule has 0 aliphatic carbocycles. The minimum Gasteiger partial charge on any atom is -0.386 e. The van der Waals surface area contributed by atoms with Gasteiger partial charge in [-0.3, -0.25) is 10.3 Å². The quantitative estimate of drug-likeness (QED) is 0.300. The van der Waals surface area contributed by atoms with E-state index in [2.05, 4.69) is 22.1 Å². The van der Waals surface area contributed by atoms with E-state index in [-0.39, 0.29) is 0 Å². The van der Waals surface area contributed by atoms with Crippen LogP contribution in [0.3, 0.4) is 0 Å². The van der Waals surface area contributed by atoms with Crippen LogP contribution < -0.4 is 5.32 Å². The minimum atomic E-state index is -0.802. The molecule has 0 aromatic rings. The maximum Gasteiger partial charge on any atom is 0.216 e. The SMILES string of the molecule is CCOC(O)N1CC(CN(CC)C(/C=C/N[C@@H]2CCOC2)=N/C=N)C1. The third kappa shape index (κ3) is 6.07. The van der Waals surface area contributed by atoms with Crippen LogP contribution in [0.5, 0.6) is 0 Å². The number of nitrogens with one attached hydrogen (secondary N) is 2. The van der Waals surface area contributed by atoms with Gasteiger partial charge in [0.15, 0.2) is 0 Å². The van der Waals surface area contributed by atoms with Crippen molar-refractivity contribution in [2.45, 2.75) is 32.7 Å². The highest BCUT2D eigenvalue weighted by Crippen LogP contribution is 2.19. The van der Waals surface area contributed by atoms with Crippen LogP contribution in [0.4, 0.5) is 0 Å². The van der Waals surface area contributed by atoms with Gasteiger partial charge in [-0.1, -0.05) is 0 Å². The fourth-order valence-corrected chi connectivity index (χ4v) is 3.08. The number of likely N-dealkylation sites (tertiary alicyclic amines) is 1. The molecule has 2 heterocycles. The summed E-state index contributed by atoms with van der Waals surface area (Å²) in [6, 6.07) is 0.354. The van der Waals surface area contributed by atoms with Gasteiger partial charge in [0.2, 0.25) is 6.41 Å². The number of aliphatic hydroxyl groups is 1. The van der Waals surface area contributed by atoms with Gasteiger partial charge in [-0.25, -0.2) is 4.99 Å². The maximum absolute atomic E-state index is 9.80. The van der Waals surface area contributed by atoms with Crippen LogP contribution >= 0.6 is 0 Å². The van der Waals surface area contributed by atoms with Crippen molar-refractivity contribution < 1.29 is 14.6 Å². The van der Waals surface area contributed by atoms with E-state index in [0.717, 1.165) is 58.0 Å². The van der Waals surface area contributed by atoms with Gasteiger partial charge in [0.25, 0.3) is 0 Å². The molecule has 0 spiro atoms. The Morgan fingerprint density at radius 3 is 2.92 bits per heavy atom. The zero-order valence-electron chi connectivity index (χ0n) is 15.2. The molecular formula is C17H31N5O3. The first kappa shape index (κ1) is 19.8. The summed E-state index contributed by atoms with van der Waals surface area (Å²) < 4.78 is 10.5. The lowest BCUT2D eigenvalue weighted by Crippen LogP contribution is -2.56. The number of ether oxygens (including phenoxy) is 2. The van der Waals surface area contributed by atoms with Gasteiger partial charge in [0.1, 0.15) is 12.2 Å². The van der Waals surface area contributed by atoms with Crippen molar-refractivity contribution in [3.05, 3.63) is 12.3 Å². The number of hydrogen-bond donors (Lipinski definition) is 3. The Labute approximate surface area is 150 Å². The molecule has 142 valence electrons. The van der Waals surface area contributed by atoms with Crippen LogP contribution in [0.15, 0.2) is 17.3 Å². The number of amidine groups is 1. The standard InChI is InChI=1S/C17H31N5O3/c1-3-21(9-14-10-22(11-14)17(23)25-4-2)16(20-13-18)5-7-19-15-6-8-24-12-15/h5,7,13-15,17-19,23H,3-4,6,8-12H2,1-2H3/b7-5+,18-13?,20-16+/t15-,17?/m1/s1. The van der Waals surface area contributed by atoms with Crippen molar-refractivity contribution in [3.63, 3.8) is 0 Å². The van der Waals surface area contributed by atoms with E-state index in [1.165, 1.54) is 0 Å². The number of rotatable bonds is 10. The fourth-order valence-electron chi connectivity index (χ4n) is 3.08. The van der Waals surface area contributed by atoms with E-state index >= 15 is 0 Å².